The Balaban J connectivity index is 2.34. The van der Waals surface area contributed by atoms with E-state index in [1.807, 2.05) is 6.92 Å². The van der Waals surface area contributed by atoms with Crippen molar-refractivity contribution in [2.24, 2.45) is 5.92 Å². The highest BCUT2D eigenvalue weighted by Crippen LogP contribution is 2.28. The number of amides is 2. The van der Waals surface area contributed by atoms with Crippen LogP contribution in [0.25, 0.3) is 0 Å². The third kappa shape index (κ3) is 4.71. The minimum Gasteiger partial charge on any atom is -0.481 e. The first-order valence-electron chi connectivity index (χ1n) is 5.41. The van der Waals surface area contributed by atoms with Gasteiger partial charge in [0.2, 0.25) is 0 Å². The van der Waals surface area contributed by atoms with Crippen LogP contribution in [0, 0.1) is 5.92 Å². The predicted molar refractivity (Wildman–Crippen MR) is 57.5 cm³/mol. The summed E-state index contributed by atoms with van der Waals surface area (Å²) in [6.45, 7) is 1.98. The van der Waals surface area contributed by atoms with Crippen molar-refractivity contribution in [1.29, 1.82) is 0 Å². The van der Waals surface area contributed by atoms with Crippen LogP contribution in [0.5, 0.6) is 0 Å². The number of carbonyl (C=O) groups excluding carboxylic acids is 1. The zero-order valence-corrected chi connectivity index (χ0v) is 9.47. The van der Waals surface area contributed by atoms with Crippen LogP contribution >= 0.6 is 0 Å². The van der Waals surface area contributed by atoms with Gasteiger partial charge in [-0.1, -0.05) is 6.92 Å². The van der Waals surface area contributed by atoms with Crippen molar-refractivity contribution >= 4 is 18.0 Å². The average molecular weight is 244 g/mol. The molecule has 1 rings (SSSR count). The number of rotatable bonds is 6. The molecular weight excluding hydrogens is 228 g/mol. The summed E-state index contributed by atoms with van der Waals surface area (Å²) in [4.78, 5) is 32.5. The molecule has 0 aromatic rings. The maximum Gasteiger partial charge on any atom is 0.326 e. The second kappa shape index (κ2) is 5.51. The third-order valence-electron chi connectivity index (χ3n) is 2.68. The van der Waals surface area contributed by atoms with E-state index in [-0.39, 0.29) is 18.9 Å². The van der Waals surface area contributed by atoms with E-state index in [0.29, 0.717) is 5.92 Å². The van der Waals surface area contributed by atoms with Gasteiger partial charge in [0.1, 0.15) is 6.04 Å². The van der Waals surface area contributed by atoms with Crippen LogP contribution in [0.4, 0.5) is 4.79 Å². The highest BCUT2D eigenvalue weighted by Gasteiger charge is 2.34. The third-order valence-corrected chi connectivity index (χ3v) is 2.68. The maximum atomic E-state index is 11.4. The van der Waals surface area contributed by atoms with Gasteiger partial charge in [0.15, 0.2) is 0 Å². The molecule has 0 spiro atoms. The second-order valence-electron chi connectivity index (χ2n) is 4.26. The normalized spacial score (nSPS) is 23.6. The largest absolute Gasteiger partial charge is 0.481 e. The summed E-state index contributed by atoms with van der Waals surface area (Å²) in [5.74, 6) is -1.90. The number of urea groups is 1. The molecule has 0 saturated heterocycles. The van der Waals surface area contributed by atoms with E-state index in [0.717, 1.165) is 6.42 Å². The first-order chi connectivity index (χ1) is 7.90. The van der Waals surface area contributed by atoms with Gasteiger partial charge in [0.25, 0.3) is 0 Å². The number of carboxylic acids is 2. The van der Waals surface area contributed by atoms with Crippen molar-refractivity contribution in [3.63, 3.8) is 0 Å². The minimum atomic E-state index is -1.23. The molecule has 2 amide bonds. The molecule has 0 heterocycles. The molecule has 4 N–H and O–H groups in total. The van der Waals surface area contributed by atoms with Crippen LogP contribution in [0.3, 0.4) is 0 Å². The molecule has 1 aliphatic carbocycles. The Morgan fingerprint density at radius 2 is 1.94 bits per heavy atom. The van der Waals surface area contributed by atoms with Gasteiger partial charge in [0.05, 0.1) is 0 Å². The van der Waals surface area contributed by atoms with E-state index in [1.165, 1.54) is 0 Å². The van der Waals surface area contributed by atoms with E-state index in [9.17, 15) is 14.4 Å². The number of carboxylic acid groups (broad SMARTS) is 2. The highest BCUT2D eigenvalue weighted by atomic mass is 16.4. The molecule has 0 radical (unpaired) electrons. The van der Waals surface area contributed by atoms with Crippen LogP contribution in [0.1, 0.15) is 26.2 Å². The van der Waals surface area contributed by atoms with Gasteiger partial charge in [-0.05, 0) is 18.8 Å². The Labute approximate surface area is 98.2 Å². The lowest BCUT2D eigenvalue weighted by Gasteiger charge is -2.14. The lowest BCUT2D eigenvalue weighted by Crippen LogP contribution is -2.47. The zero-order chi connectivity index (χ0) is 13.0. The van der Waals surface area contributed by atoms with Crippen molar-refractivity contribution < 1.29 is 24.6 Å². The lowest BCUT2D eigenvalue weighted by atomic mass is 10.1. The Morgan fingerprint density at radius 1 is 1.35 bits per heavy atom. The SMILES string of the molecule is CC1CC1NC(=O)NC(CCC(=O)O)C(=O)O. The molecule has 3 unspecified atom stereocenters. The quantitative estimate of drug-likeness (QED) is 0.525. The summed E-state index contributed by atoms with van der Waals surface area (Å²) < 4.78 is 0. The number of hydrogen-bond acceptors (Lipinski definition) is 3. The summed E-state index contributed by atoms with van der Waals surface area (Å²) in [6.07, 6.45) is 0.468. The molecule has 7 heteroatoms. The smallest absolute Gasteiger partial charge is 0.326 e. The van der Waals surface area contributed by atoms with Gasteiger partial charge < -0.3 is 20.8 Å². The number of carbonyl (C=O) groups is 3. The van der Waals surface area contributed by atoms with Crippen LogP contribution in [-0.4, -0.2) is 40.3 Å². The first kappa shape index (κ1) is 13.3. The van der Waals surface area contributed by atoms with Gasteiger partial charge in [-0.15, -0.1) is 0 Å². The summed E-state index contributed by atoms with van der Waals surface area (Å²) in [5, 5.41) is 22.1. The molecule has 17 heavy (non-hydrogen) atoms. The molecule has 0 aromatic carbocycles. The molecule has 1 aliphatic rings. The molecule has 0 aliphatic heterocycles. The van der Waals surface area contributed by atoms with E-state index in [2.05, 4.69) is 10.6 Å². The maximum absolute atomic E-state index is 11.4. The predicted octanol–water partition coefficient (Wildman–Crippen LogP) is 0.0120. The fourth-order valence-electron chi connectivity index (χ4n) is 1.42. The number of aliphatic carboxylic acids is 2. The van der Waals surface area contributed by atoms with E-state index >= 15 is 0 Å². The summed E-state index contributed by atoms with van der Waals surface area (Å²) in [5.41, 5.74) is 0. The fraction of sp³-hybridized carbons (Fsp3) is 0.700. The summed E-state index contributed by atoms with van der Waals surface area (Å²) >= 11 is 0. The van der Waals surface area contributed by atoms with E-state index < -0.39 is 24.0 Å². The van der Waals surface area contributed by atoms with Crippen molar-refractivity contribution in [3.8, 4) is 0 Å². The second-order valence-corrected chi connectivity index (χ2v) is 4.26. The van der Waals surface area contributed by atoms with Gasteiger partial charge in [0, 0.05) is 12.5 Å². The molecular formula is C10H16N2O5. The highest BCUT2D eigenvalue weighted by molar-refractivity contribution is 5.83. The topological polar surface area (TPSA) is 116 Å². The summed E-state index contributed by atoms with van der Waals surface area (Å²) in [6, 6.07) is -1.62. The van der Waals surface area contributed by atoms with Gasteiger partial charge >= 0.3 is 18.0 Å². The van der Waals surface area contributed by atoms with Gasteiger partial charge in [-0.3, -0.25) is 4.79 Å². The monoisotopic (exact) mass is 244 g/mol. The Kier molecular flexibility index (Phi) is 4.30. The van der Waals surface area contributed by atoms with Crippen LogP contribution in [-0.2, 0) is 9.59 Å². The van der Waals surface area contributed by atoms with Crippen LogP contribution in [0.2, 0.25) is 0 Å². The van der Waals surface area contributed by atoms with E-state index in [4.69, 9.17) is 10.2 Å². The molecule has 7 nitrogen and oxygen atoms in total. The standard InChI is InChI=1S/C10H16N2O5/c1-5-4-7(5)12-10(17)11-6(9(15)16)2-3-8(13)14/h5-7H,2-4H2,1H3,(H,13,14)(H,15,16)(H2,11,12,17). The fourth-order valence-corrected chi connectivity index (χ4v) is 1.42. The molecule has 1 fully saturated rings. The van der Waals surface area contributed by atoms with Crippen molar-refractivity contribution in [2.75, 3.05) is 0 Å². The van der Waals surface area contributed by atoms with Gasteiger partial charge in [-0.25, -0.2) is 9.59 Å². The van der Waals surface area contributed by atoms with E-state index in [1.54, 1.807) is 0 Å². The van der Waals surface area contributed by atoms with Crippen molar-refractivity contribution in [1.82, 2.24) is 10.6 Å². The number of nitrogens with one attached hydrogen (secondary N) is 2. The lowest BCUT2D eigenvalue weighted by molar-refractivity contribution is -0.140. The Hall–Kier alpha value is -1.79. The zero-order valence-electron chi connectivity index (χ0n) is 9.47. The summed E-state index contributed by atoms with van der Waals surface area (Å²) in [7, 11) is 0. The van der Waals surface area contributed by atoms with Gasteiger partial charge in [-0.2, -0.15) is 0 Å². The minimum absolute atomic E-state index is 0.101. The molecule has 3 atom stereocenters. The average Bonchev–Trinajstić information content (AvgIpc) is 2.87. The Morgan fingerprint density at radius 3 is 2.35 bits per heavy atom. The number of hydrogen-bond donors (Lipinski definition) is 4. The Bertz CT molecular complexity index is 331. The molecule has 0 aromatic heterocycles. The van der Waals surface area contributed by atoms with Crippen LogP contribution in [0.15, 0.2) is 0 Å². The van der Waals surface area contributed by atoms with Crippen LogP contribution < -0.4 is 10.6 Å². The van der Waals surface area contributed by atoms with Crippen molar-refractivity contribution in [3.05, 3.63) is 0 Å². The molecule has 96 valence electrons. The molecule has 0 bridgehead atoms. The molecule has 1 saturated carbocycles. The van der Waals surface area contributed by atoms with Crippen molar-refractivity contribution in [2.45, 2.75) is 38.3 Å². The first-order valence-corrected chi connectivity index (χ1v) is 5.41.